The van der Waals surface area contributed by atoms with E-state index in [4.69, 9.17) is 11.6 Å². The van der Waals surface area contributed by atoms with Gasteiger partial charge in [0.1, 0.15) is 0 Å². The van der Waals surface area contributed by atoms with E-state index in [1.807, 2.05) is 36.4 Å². The Morgan fingerprint density at radius 1 is 1.15 bits per heavy atom. The molecule has 5 heteroatoms. The van der Waals surface area contributed by atoms with Gasteiger partial charge in [-0.15, -0.1) is 0 Å². The molecule has 0 saturated carbocycles. The van der Waals surface area contributed by atoms with Crippen LogP contribution in [0.3, 0.4) is 0 Å². The largest absolute Gasteiger partial charge is 0.388 e. The van der Waals surface area contributed by atoms with E-state index < -0.39 is 6.10 Å². The molecule has 102 valence electrons. The highest BCUT2D eigenvalue weighted by atomic mass is 35.5. The van der Waals surface area contributed by atoms with Gasteiger partial charge < -0.3 is 10.1 Å². The quantitative estimate of drug-likeness (QED) is 0.715. The van der Waals surface area contributed by atoms with E-state index in [0.29, 0.717) is 10.8 Å². The van der Waals surface area contributed by atoms with Gasteiger partial charge in [0.25, 0.3) is 0 Å². The molecule has 0 amide bonds. The van der Waals surface area contributed by atoms with Gasteiger partial charge in [0, 0.05) is 10.8 Å². The number of hydrogen-bond donors (Lipinski definition) is 2. The third kappa shape index (κ3) is 2.98. The summed E-state index contributed by atoms with van der Waals surface area (Å²) < 4.78 is 0. The van der Waals surface area contributed by atoms with Gasteiger partial charge >= 0.3 is 0 Å². The van der Waals surface area contributed by atoms with Crippen molar-refractivity contribution in [3.05, 3.63) is 59.1 Å². The van der Waals surface area contributed by atoms with Gasteiger partial charge in [-0.05, 0) is 29.8 Å². The lowest BCUT2D eigenvalue weighted by molar-refractivity contribution is 0.204. The Bertz CT molecular complexity index is 678. The number of nitrogens with one attached hydrogen (secondary N) is 1. The highest BCUT2D eigenvalue weighted by molar-refractivity contribution is 7.99. The molecule has 3 rings (SSSR count). The summed E-state index contributed by atoms with van der Waals surface area (Å²) in [6.07, 6.45) is -0.537. The van der Waals surface area contributed by atoms with E-state index in [2.05, 4.69) is 9.97 Å². The molecule has 0 spiro atoms. The fourth-order valence-electron chi connectivity index (χ4n) is 1.94. The van der Waals surface area contributed by atoms with Crippen LogP contribution in [0.4, 0.5) is 0 Å². The Kier molecular flexibility index (Phi) is 3.96. The molecule has 2 aromatic carbocycles. The number of para-hydroxylation sites is 2. The number of rotatable bonds is 4. The zero-order chi connectivity index (χ0) is 13.9. The molecule has 1 atom stereocenters. The maximum atomic E-state index is 10.1. The first-order chi connectivity index (χ1) is 9.72. The van der Waals surface area contributed by atoms with Crippen LogP contribution in [0.2, 0.25) is 5.02 Å². The minimum atomic E-state index is -0.537. The molecule has 2 N–H and O–H groups in total. The Morgan fingerprint density at radius 2 is 1.90 bits per heavy atom. The normalized spacial score (nSPS) is 12.7. The zero-order valence-corrected chi connectivity index (χ0v) is 12.2. The highest BCUT2D eigenvalue weighted by Gasteiger charge is 2.10. The van der Waals surface area contributed by atoms with Crippen LogP contribution in [0.15, 0.2) is 53.7 Å². The molecule has 0 bridgehead atoms. The monoisotopic (exact) mass is 304 g/mol. The van der Waals surface area contributed by atoms with Crippen LogP contribution >= 0.6 is 23.4 Å². The van der Waals surface area contributed by atoms with Crippen LogP contribution in [0, 0.1) is 0 Å². The lowest BCUT2D eigenvalue weighted by Gasteiger charge is -2.09. The summed E-state index contributed by atoms with van der Waals surface area (Å²) >= 11 is 7.34. The first kappa shape index (κ1) is 13.5. The van der Waals surface area contributed by atoms with Crippen molar-refractivity contribution in [3.63, 3.8) is 0 Å². The Morgan fingerprint density at radius 3 is 2.65 bits per heavy atom. The summed E-state index contributed by atoms with van der Waals surface area (Å²) in [5.41, 5.74) is 2.81. The maximum Gasteiger partial charge on any atom is 0.166 e. The molecule has 0 fully saturated rings. The Balaban J connectivity index is 1.68. The molecule has 0 saturated heterocycles. The van der Waals surface area contributed by atoms with Crippen molar-refractivity contribution in [2.45, 2.75) is 11.3 Å². The number of aliphatic hydroxyl groups excluding tert-OH is 1. The Hall–Kier alpha value is -1.49. The van der Waals surface area contributed by atoms with Crippen molar-refractivity contribution in [2.75, 3.05) is 5.75 Å². The first-order valence-corrected chi connectivity index (χ1v) is 7.60. The molecule has 0 aliphatic heterocycles. The molecule has 3 aromatic rings. The van der Waals surface area contributed by atoms with Gasteiger partial charge in [-0.2, -0.15) is 0 Å². The number of fused-ring (bicyclic) bond motifs is 1. The van der Waals surface area contributed by atoms with E-state index >= 15 is 0 Å². The second kappa shape index (κ2) is 5.87. The number of halogens is 1. The predicted octanol–water partition coefficient (Wildman–Crippen LogP) is 4.04. The molecular formula is C15H13ClN2OS. The van der Waals surface area contributed by atoms with E-state index in [-0.39, 0.29) is 0 Å². The lowest BCUT2D eigenvalue weighted by Crippen LogP contribution is -2.00. The van der Waals surface area contributed by atoms with E-state index in [9.17, 15) is 5.11 Å². The summed E-state index contributed by atoms with van der Waals surface area (Å²) in [7, 11) is 0. The molecule has 3 nitrogen and oxygen atoms in total. The molecule has 0 aliphatic rings. The van der Waals surface area contributed by atoms with Gasteiger partial charge in [0.05, 0.1) is 17.1 Å². The number of thioether (sulfide) groups is 1. The van der Waals surface area contributed by atoms with Gasteiger partial charge in [-0.25, -0.2) is 4.98 Å². The minimum Gasteiger partial charge on any atom is -0.388 e. The topological polar surface area (TPSA) is 48.9 Å². The number of aliphatic hydroxyl groups is 1. The molecule has 1 heterocycles. The second-order valence-corrected chi connectivity index (χ2v) is 5.88. The van der Waals surface area contributed by atoms with Crippen molar-refractivity contribution in [1.82, 2.24) is 9.97 Å². The van der Waals surface area contributed by atoms with Crippen LogP contribution < -0.4 is 0 Å². The first-order valence-electron chi connectivity index (χ1n) is 6.23. The van der Waals surface area contributed by atoms with Crippen molar-refractivity contribution in [1.29, 1.82) is 0 Å². The van der Waals surface area contributed by atoms with Crippen LogP contribution in [-0.2, 0) is 0 Å². The van der Waals surface area contributed by atoms with Gasteiger partial charge in [0.2, 0.25) is 0 Å². The number of imidazole rings is 1. The van der Waals surface area contributed by atoms with Gasteiger partial charge in [-0.3, -0.25) is 0 Å². The van der Waals surface area contributed by atoms with E-state index in [1.54, 1.807) is 12.1 Å². The minimum absolute atomic E-state index is 0.537. The summed E-state index contributed by atoms with van der Waals surface area (Å²) in [4.78, 5) is 7.70. The summed E-state index contributed by atoms with van der Waals surface area (Å²) in [5.74, 6) is 0.543. The average Bonchev–Trinajstić information content (AvgIpc) is 2.88. The maximum absolute atomic E-state index is 10.1. The van der Waals surface area contributed by atoms with Gasteiger partial charge in [0.15, 0.2) is 5.16 Å². The van der Waals surface area contributed by atoms with Crippen LogP contribution in [0.1, 0.15) is 11.7 Å². The fraction of sp³-hybridized carbons (Fsp3) is 0.133. The van der Waals surface area contributed by atoms with Crippen LogP contribution in [-0.4, -0.2) is 20.8 Å². The van der Waals surface area contributed by atoms with Crippen molar-refractivity contribution in [3.8, 4) is 0 Å². The van der Waals surface area contributed by atoms with Crippen LogP contribution in [0.5, 0.6) is 0 Å². The van der Waals surface area contributed by atoms with E-state index in [0.717, 1.165) is 21.8 Å². The van der Waals surface area contributed by atoms with E-state index in [1.165, 1.54) is 11.8 Å². The fourth-order valence-corrected chi connectivity index (χ4v) is 2.92. The SMILES string of the molecule is O[C@H](CSc1nc2ccccc2[nH]1)c1ccc(Cl)cc1. The lowest BCUT2D eigenvalue weighted by atomic mass is 10.1. The molecule has 1 aromatic heterocycles. The van der Waals surface area contributed by atoms with Gasteiger partial charge in [-0.1, -0.05) is 47.6 Å². The number of H-pyrrole nitrogens is 1. The second-order valence-electron chi connectivity index (χ2n) is 4.44. The molecule has 0 radical (unpaired) electrons. The molecule has 0 aliphatic carbocycles. The third-order valence-corrected chi connectivity index (χ3v) is 4.20. The standard InChI is InChI=1S/C15H13ClN2OS/c16-11-7-5-10(6-8-11)14(19)9-20-15-17-12-3-1-2-4-13(12)18-15/h1-8,14,19H,9H2,(H,17,18)/t14-/m1/s1. The molecule has 20 heavy (non-hydrogen) atoms. The van der Waals surface area contributed by atoms with Crippen molar-refractivity contribution in [2.24, 2.45) is 0 Å². The molecular weight excluding hydrogens is 292 g/mol. The smallest absolute Gasteiger partial charge is 0.166 e. The number of aromatic nitrogens is 2. The summed E-state index contributed by atoms with van der Waals surface area (Å²) in [6, 6.07) is 15.1. The zero-order valence-electron chi connectivity index (χ0n) is 10.6. The number of hydrogen-bond acceptors (Lipinski definition) is 3. The molecule has 0 unspecified atom stereocenters. The number of nitrogens with zero attached hydrogens (tertiary/aromatic N) is 1. The van der Waals surface area contributed by atoms with Crippen LogP contribution in [0.25, 0.3) is 11.0 Å². The predicted molar refractivity (Wildman–Crippen MR) is 83.2 cm³/mol. The highest BCUT2D eigenvalue weighted by Crippen LogP contribution is 2.25. The number of aromatic amines is 1. The summed E-state index contributed by atoms with van der Waals surface area (Å²) in [5, 5.41) is 11.6. The van der Waals surface area contributed by atoms with Crippen molar-refractivity contribution < 1.29 is 5.11 Å². The third-order valence-electron chi connectivity index (χ3n) is 3.00. The van der Waals surface area contributed by atoms with Crippen molar-refractivity contribution >= 4 is 34.4 Å². The average molecular weight is 305 g/mol. The number of benzene rings is 2. The Labute approximate surface area is 126 Å². The summed E-state index contributed by atoms with van der Waals surface area (Å²) in [6.45, 7) is 0.